The number of aromatic nitrogens is 2. The van der Waals surface area contributed by atoms with Gasteiger partial charge in [0.05, 0.1) is 15.9 Å². The maximum Gasteiger partial charge on any atom is 0.154 e. The molecule has 0 aliphatic heterocycles. The van der Waals surface area contributed by atoms with Crippen LogP contribution in [0.3, 0.4) is 0 Å². The van der Waals surface area contributed by atoms with Gasteiger partial charge in [0.25, 0.3) is 0 Å². The number of aromatic amines is 1. The largest absolute Gasteiger partial charge is 0.382 e. The Bertz CT molecular complexity index is 517. The van der Waals surface area contributed by atoms with Crippen molar-refractivity contribution in [2.75, 3.05) is 5.73 Å². The lowest BCUT2D eigenvalue weighted by Crippen LogP contribution is -2.07. The molecular formula is C10H11ClN4. The zero-order chi connectivity index (χ0) is 11.0. The lowest BCUT2D eigenvalue weighted by atomic mass is 10.1. The highest BCUT2D eigenvalue weighted by Gasteiger charge is 2.13. The quantitative estimate of drug-likeness (QED) is 0.680. The summed E-state index contributed by atoms with van der Waals surface area (Å²) in [5.74, 6) is 0.383. The molecule has 5 heteroatoms. The molecule has 5 N–H and O–H groups in total. The number of hydrogen-bond acceptors (Lipinski definition) is 3. The van der Waals surface area contributed by atoms with Gasteiger partial charge in [-0.05, 0) is 11.6 Å². The molecule has 15 heavy (non-hydrogen) atoms. The standard InChI is InChI=1S/C10H11ClN4/c1-2-6(12)5-3-4-7-8(9(5)11)10(13)15-14-7/h2-4,6H,1,12H2,(H3,13,14,15). The van der Waals surface area contributed by atoms with Crippen LogP contribution in [-0.4, -0.2) is 10.2 Å². The van der Waals surface area contributed by atoms with Crippen LogP contribution in [0.1, 0.15) is 11.6 Å². The summed E-state index contributed by atoms with van der Waals surface area (Å²) in [5, 5.41) is 7.92. The number of H-pyrrole nitrogens is 1. The molecule has 1 heterocycles. The summed E-state index contributed by atoms with van der Waals surface area (Å²) in [6.45, 7) is 3.63. The normalized spacial score (nSPS) is 12.9. The molecule has 0 fully saturated rings. The highest BCUT2D eigenvalue weighted by atomic mass is 35.5. The van der Waals surface area contributed by atoms with Crippen molar-refractivity contribution in [1.29, 1.82) is 0 Å². The highest BCUT2D eigenvalue weighted by molar-refractivity contribution is 6.37. The number of fused-ring (bicyclic) bond motifs is 1. The van der Waals surface area contributed by atoms with Gasteiger partial charge in [-0.1, -0.05) is 23.7 Å². The van der Waals surface area contributed by atoms with Gasteiger partial charge >= 0.3 is 0 Å². The molecule has 78 valence electrons. The third kappa shape index (κ3) is 1.48. The minimum Gasteiger partial charge on any atom is -0.382 e. The van der Waals surface area contributed by atoms with Crippen molar-refractivity contribution in [1.82, 2.24) is 10.2 Å². The van der Waals surface area contributed by atoms with Gasteiger partial charge < -0.3 is 11.5 Å². The average Bonchev–Trinajstić information content (AvgIpc) is 2.61. The number of nitrogens with two attached hydrogens (primary N) is 2. The van der Waals surface area contributed by atoms with E-state index in [1.807, 2.05) is 12.1 Å². The van der Waals surface area contributed by atoms with Crippen LogP contribution in [0.25, 0.3) is 10.9 Å². The van der Waals surface area contributed by atoms with Gasteiger partial charge in [0.15, 0.2) is 5.82 Å². The van der Waals surface area contributed by atoms with Crippen molar-refractivity contribution in [3.8, 4) is 0 Å². The molecule has 1 aromatic heterocycles. The molecule has 0 spiro atoms. The van der Waals surface area contributed by atoms with E-state index in [9.17, 15) is 0 Å². The predicted molar refractivity (Wildman–Crippen MR) is 62.6 cm³/mol. The second kappa shape index (κ2) is 3.56. The Hall–Kier alpha value is -1.52. The van der Waals surface area contributed by atoms with E-state index < -0.39 is 0 Å². The van der Waals surface area contributed by atoms with Crippen molar-refractivity contribution in [3.63, 3.8) is 0 Å². The molecule has 1 aromatic carbocycles. The number of nitrogens with one attached hydrogen (secondary N) is 1. The molecule has 0 amide bonds. The van der Waals surface area contributed by atoms with Gasteiger partial charge in [0.1, 0.15) is 0 Å². The zero-order valence-corrected chi connectivity index (χ0v) is 8.75. The summed E-state index contributed by atoms with van der Waals surface area (Å²) in [7, 11) is 0. The van der Waals surface area contributed by atoms with Crippen LogP contribution < -0.4 is 11.5 Å². The highest BCUT2D eigenvalue weighted by Crippen LogP contribution is 2.32. The van der Waals surface area contributed by atoms with Crippen molar-refractivity contribution in [3.05, 3.63) is 35.4 Å². The van der Waals surface area contributed by atoms with Crippen molar-refractivity contribution < 1.29 is 0 Å². The van der Waals surface area contributed by atoms with Gasteiger partial charge in [0, 0.05) is 6.04 Å². The predicted octanol–water partition coefficient (Wildman–Crippen LogP) is 1.98. The van der Waals surface area contributed by atoms with Crippen LogP contribution in [0.2, 0.25) is 5.02 Å². The number of nitrogens with zero attached hydrogens (tertiary/aromatic N) is 1. The minimum absolute atomic E-state index is 0.295. The van der Waals surface area contributed by atoms with Crippen LogP contribution in [0.15, 0.2) is 24.8 Å². The molecule has 0 aliphatic carbocycles. The molecule has 1 atom stereocenters. The minimum atomic E-state index is -0.295. The van der Waals surface area contributed by atoms with Crippen LogP contribution >= 0.6 is 11.6 Å². The van der Waals surface area contributed by atoms with E-state index in [4.69, 9.17) is 23.1 Å². The molecule has 2 rings (SSSR count). The number of nitrogen functional groups attached to an aromatic ring is 1. The van der Waals surface area contributed by atoms with E-state index in [0.29, 0.717) is 16.2 Å². The van der Waals surface area contributed by atoms with E-state index in [1.54, 1.807) is 6.08 Å². The number of anilines is 1. The fourth-order valence-electron chi connectivity index (χ4n) is 1.50. The molecule has 0 saturated carbocycles. The van der Waals surface area contributed by atoms with Gasteiger partial charge in [-0.15, -0.1) is 6.58 Å². The Morgan fingerprint density at radius 1 is 1.53 bits per heavy atom. The summed E-state index contributed by atoms with van der Waals surface area (Å²) >= 11 is 6.19. The average molecular weight is 223 g/mol. The second-order valence-electron chi connectivity index (χ2n) is 3.26. The molecule has 0 radical (unpaired) electrons. The van der Waals surface area contributed by atoms with Crippen LogP contribution in [-0.2, 0) is 0 Å². The lowest BCUT2D eigenvalue weighted by molar-refractivity contribution is 0.917. The van der Waals surface area contributed by atoms with E-state index in [0.717, 1.165) is 11.1 Å². The van der Waals surface area contributed by atoms with Crippen molar-refractivity contribution >= 4 is 28.3 Å². The van der Waals surface area contributed by atoms with Gasteiger partial charge in [0.2, 0.25) is 0 Å². The summed E-state index contributed by atoms with van der Waals surface area (Å²) in [5.41, 5.74) is 13.1. The Morgan fingerprint density at radius 3 is 2.93 bits per heavy atom. The topological polar surface area (TPSA) is 80.7 Å². The van der Waals surface area contributed by atoms with Crippen molar-refractivity contribution in [2.24, 2.45) is 5.73 Å². The smallest absolute Gasteiger partial charge is 0.154 e. The Labute approximate surface area is 91.9 Å². The first-order valence-corrected chi connectivity index (χ1v) is 4.83. The van der Waals surface area contributed by atoms with Gasteiger partial charge in [-0.3, -0.25) is 5.10 Å². The first-order valence-electron chi connectivity index (χ1n) is 4.45. The molecule has 2 aromatic rings. The molecule has 4 nitrogen and oxygen atoms in total. The molecular weight excluding hydrogens is 212 g/mol. The van der Waals surface area contributed by atoms with Crippen molar-refractivity contribution in [2.45, 2.75) is 6.04 Å². The Balaban J connectivity index is 2.73. The van der Waals surface area contributed by atoms with E-state index in [-0.39, 0.29) is 6.04 Å². The van der Waals surface area contributed by atoms with E-state index in [1.165, 1.54) is 0 Å². The summed E-state index contributed by atoms with van der Waals surface area (Å²) in [4.78, 5) is 0. The zero-order valence-electron chi connectivity index (χ0n) is 8.00. The molecule has 1 unspecified atom stereocenters. The van der Waals surface area contributed by atoms with E-state index in [2.05, 4.69) is 16.8 Å². The van der Waals surface area contributed by atoms with Crippen LogP contribution in [0.5, 0.6) is 0 Å². The number of benzene rings is 1. The summed E-state index contributed by atoms with van der Waals surface area (Å²) < 4.78 is 0. The number of rotatable bonds is 2. The molecule has 0 aliphatic rings. The Kier molecular flexibility index (Phi) is 2.38. The maximum absolute atomic E-state index is 6.19. The summed E-state index contributed by atoms with van der Waals surface area (Å²) in [6, 6.07) is 3.40. The molecule has 0 saturated heterocycles. The first kappa shape index (κ1) is 10.0. The van der Waals surface area contributed by atoms with Gasteiger partial charge in [-0.25, -0.2) is 0 Å². The van der Waals surface area contributed by atoms with Crippen LogP contribution in [0, 0.1) is 0 Å². The summed E-state index contributed by atoms with van der Waals surface area (Å²) in [6.07, 6.45) is 1.63. The van der Waals surface area contributed by atoms with E-state index >= 15 is 0 Å². The monoisotopic (exact) mass is 222 g/mol. The van der Waals surface area contributed by atoms with Crippen LogP contribution in [0.4, 0.5) is 5.82 Å². The lowest BCUT2D eigenvalue weighted by Gasteiger charge is -2.09. The second-order valence-corrected chi connectivity index (χ2v) is 3.64. The fourth-order valence-corrected chi connectivity index (χ4v) is 1.88. The van der Waals surface area contributed by atoms with Gasteiger partial charge in [-0.2, -0.15) is 5.10 Å². The number of hydrogen-bond donors (Lipinski definition) is 3. The SMILES string of the molecule is C=CC(N)c1ccc2[nH]nc(N)c2c1Cl. The third-order valence-electron chi connectivity index (χ3n) is 2.34. The number of halogens is 1. The maximum atomic E-state index is 6.19. The fraction of sp³-hybridized carbons (Fsp3) is 0.100. The Morgan fingerprint density at radius 2 is 2.27 bits per heavy atom. The third-order valence-corrected chi connectivity index (χ3v) is 2.75. The molecule has 0 bridgehead atoms. The first-order chi connectivity index (χ1) is 7.15.